The van der Waals surface area contributed by atoms with Crippen LogP contribution in [0.1, 0.15) is 24.8 Å². The normalized spacial score (nSPS) is 17.9. The molecule has 1 N–H and O–H groups in total. The number of aryl methyl sites for hydroxylation is 1. The van der Waals surface area contributed by atoms with Crippen molar-refractivity contribution in [1.82, 2.24) is 14.7 Å². The first-order valence-electron chi connectivity index (χ1n) is 12.4. The smallest absolute Gasteiger partial charge is 0.414 e. The number of benzene rings is 1. The summed E-state index contributed by atoms with van der Waals surface area (Å²) < 4.78 is 48.9. The van der Waals surface area contributed by atoms with Crippen molar-refractivity contribution in [2.75, 3.05) is 38.0 Å². The molecule has 1 amide bonds. The van der Waals surface area contributed by atoms with Crippen LogP contribution in [0.3, 0.4) is 0 Å². The molecule has 1 saturated heterocycles. The number of nitrogens with one attached hydrogen (secondary N) is 1. The maximum atomic E-state index is 12.6. The molecule has 2 aliphatic rings. The number of hydrogen-bond acceptors (Lipinski definition) is 9. The number of pyridine rings is 2. The Morgan fingerprint density at radius 2 is 1.95 bits per heavy atom. The van der Waals surface area contributed by atoms with Crippen LogP contribution in [-0.2, 0) is 21.2 Å². The molecule has 1 fully saturated rings. The third-order valence-electron chi connectivity index (χ3n) is 6.54. The topological polar surface area (TPSA) is 129 Å². The first-order valence-corrected chi connectivity index (χ1v) is 14.3. The first-order chi connectivity index (χ1) is 18.3. The van der Waals surface area contributed by atoms with Gasteiger partial charge in [-0.25, -0.2) is 22.9 Å². The van der Waals surface area contributed by atoms with Crippen molar-refractivity contribution in [3.05, 3.63) is 48.2 Å². The van der Waals surface area contributed by atoms with Crippen LogP contribution in [0, 0.1) is 0 Å². The van der Waals surface area contributed by atoms with Crippen LogP contribution in [0.5, 0.6) is 17.4 Å². The van der Waals surface area contributed by atoms with E-state index in [-0.39, 0.29) is 12.1 Å². The van der Waals surface area contributed by atoms with Crippen LogP contribution < -0.4 is 23.8 Å². The van der Waals surface area contributed by atoms with E-state index in [1.165, 1.54) is 0 Å². The first kappa shape index (κ1) is 26.0. The zero-order chi connectivity index (χ0) is 26.7. The number of nitrogens with zero attached hydrogens (tertiary/aromatic N) is 3. The highest BCUT2D eigenvalue weighted by Gasteiger charge is 2.33. The number of anilines is 1. The summed E-state index contributed by atoms with van der Waals surface area (Å²) >= 11 is 0. The van der Waals surface area contributed by atoms with Crippen LogP contribution in [0.25, 0.3) is 11.0 Å². The van der Waals surface area contributed by atoms with Crippen molar-refractivity contribution in [1.29, 1.82) is 0 Å². The van der Waals surface area contributed by atoms with Gasteiger partial charge in [-0.1, -0.05) is 0 Å². The van der Waals surface area contributed by atoms with Crippen molar-refractivity contribution in [3.8, 4) is 17.4 Å². The van der Waals surface area contributed by atoms with Gasteiger partial charge in [0.05, 0.1) is 36.6 Å². The number of aromatic nitrogens is 2. The standard InChI is InChI=1S/C26H30N4O7S/c1-34-24-10-8-21-25(28-24)17(11-12-27-21)3-4-18(29-38(2,32)33)5-7-20-16-30(26(31)37-20)19-6-9-22-23(15-19)36-14-13-35-22/h6,8-12,15,18,20,29H,3-5,7,13-14,16H2,1-2H3/t18-,20+/m1/s1. The Bertz CT molecular complexity index is 1430. The van der Waals surface area contributed by atoms with E-state index in [4.69, 9.17) is 18.9 Å². The van der Waals surface area contributed by atoms with Crippen LogP contribution >= 0.6 is 0 Å². The molecule has 1 aromatic carbocycles. The molecule has 0 saturated carbocycles. The lowest BCUT2D eigenvalue weighted by Gasteiger charge is -2.21. The van der Waals surface area contributed by atoms with Gasteiger partial charge in [-0.3, -0.25) is 9.88 Å². The van der Waals surface area contributed by atoms with Gasteiger partial charge in [-0.15, -0.1) is 0 Å². The lowest BCUT2D eigenvalue weighted by atomic mass is 10.0. The number of carbonyl (C=O) groups excluding carboxylic acids is 1. The molecule has 38 heavy (non-hydrogen) atoms. The van der Waals surface area contributed by atoms with Crippen molar-refractivity contribution in [3.63, 3.8) is 0 Å². The summed E-state index contributed by atoms with van der Waals surface area (Å²) in [6, 6.07) is 10.5. The minimum atomic E-state index is -3.44. The van der Waals surface area contributed by atoms with E-state index >= 15 is 0 Å². The van der Waals surface area contributed by atoms with Gasteiger partial charge in [0.1, 0.15) is 19.3 Å². The number of carbonyl (C=O) groups is 1. The third-order valence-corrected chi connectivity index (χ3v) is 7.30. The number of fused-ring (bicyclic) bond motifs is 2. The van der Waals surface area contributed by atoms with Crippen molar-refractivity contribution in [2.24, 2.45) is 0 Å². The molecule has 11 nitrogen and oxygen atoms in total. The predicted molar refractivity (Wildman–Crippen MR) is 140 cm³/mol. The fourth-order valence-corrected chi connectivity index (χ4v) is 5.58. The Morgan fingerprint density at radius 1 is 1.13 bits per heavy atom. The Hall–Kier alpha value is -3.64. The van der Waals surface area contributed by atoms with E-state index < -0.39 is 16.1 Å². The summed E-state index contributed by atoms with van der Waals surface area (Å²) in [5, 5.41) is 0. The van der Waals surface area contributed by atoms with E-state index in [1.807, 2.05) is 12.1 Å². The van der Waals surface area contributed by atoms with Gasteiger partial charge in [0.2, 0.25) is 15.9 Å². The number of hydrogen-bond donors (Lipinski definition) is 1. The lowest BCUT2D eigenvalue weighted by molar-refractivity contribution is 0.133. The summed E-state index contributed by atoms with van der Waals surface area (Å²) in [5.41, 5.74) is 3.09. The van der Waals surface area contributed by atoms with Gasteiger partial charge >= 0.3 is 6.09 Å². The number of amides is 1. The molecule has 5 rings (SSSR count). The number of ether oxygens (including phenoxy) is 4. The Morgan fingerprint density at radius 3 is 2.74 bits per heavy atom. The number of cyclic esters (lactones) is 1. The summed E-state index contributed by atoms with van der Waals surface area (Å²) in [6.07, 6.45) is 4.18. The molecule has 0 spiro atoms. The van der Waals surface area contributed by atoms with Crippen LogP contribution in [-0.4, -0.2) is 69.7 Å². The molecule has 12 heteroatoms. The lowest BCUT2D eigenvalue weighted by Crippen LogP contribution is -2.35. The van der Waals surface area contributed by atoms with E-state index in [2.05, 4.69) is 14.7 Å². The molecular weight excluding hydrogens is 512 g/mol. The maximum absolute atomic E-state index is 12.6. The zero-order valence-electron chi connectivity index (χ0n) is 21.3. The van der Waals surface area contributed by atoms with Gasteiger partial charge in [0, 0.05) is 24.4 Å². The van der Waals surface area contributed by atoms with E-state index in [0.717, 1.165) is 22.9 Å². The van der Waals surface area contributed by atoms with Crippen LogP contribution in [0.15, 0.2) is 42.6 Å². The largest absolute Gasteiger partial charge is 0.486 e. The second-order valence-corrected chi connectivity index (χ2v) is 11.1. The Labute approximate surface area is 221 Å². The van der Waals surface area contributed by atoms with Gasteiger partial charge in [-0.2, -0.15) is 0 Å². The molecule has 0 unspecified atom stereocenters. The van der Waals surface area contributed by atoms with Crippen molar-refractivity contribution >= 4 is 32.8 Å². The highest BCUT2D eigenvalue weighted by atomic mass is 32.2. The number of rotatable bonds is 10. The number of sulfonamides is 1. The molecular formula is C26H30N4O7S. The maximum Gasteiger partial charge on any atom is 0.414 e. The van der Waals surface area contributed by atoms with Gasteiger partial charge in [0.25, 0.3) is 0 Å². The highest BCUT2D eigenvalue weighted by molar-refractivity contribution is 7.88. The molecule has 2 aliphatic heterocycles. The summed E-state index contributed by atoms with van der Waals surface area (Å²) in [5.74, 6) is 1.73. The monoisotopic (exact) mass is 542 g/mol. The second-order valence-electron chi connectivity index (χ2n) is 9.34. The Balaban J connectivity index is 1.24. The molecule has 0 radical (unpaired) electrons. The predicted octanol–water partition coefficient (Wildman–Crippen LogP) is 3.07. The van der Waals surface area contributed by atoms with E-state index in [9.17, 15) is 13.2 Å². The van der Waals surface area contributed by atoms with Gasteiger partial charge < -0.3 is 18.9 Å². The Kier molecular flexibility index (Phi) is 7.52. The minimum Gasteiger partial charge on any atom is -0.486 e. The minimum absolute atomic E-state index is 0.346. The molecule has 202 valence electrons. The number of methoxy groups -OCH3 is 1. The van der Waals surface area contributed by atoms with Gasteiger partial charge in [-0.05, 0) is 55.5 Å². The second kappa shape index (κ2) is 11.0. The molecule has 3 aromatic rings. The molecule has 0 bridgehead atoms. The third kappa shape index (κ3) is 6.08. The zero-order valence-corrected chi connectivity index (χ0v) is 22.1. The van der Waals surface area contributed by atoms with E-state index in [1.54, 1.807) is 42.5 Å². The highest BCUT2D eigenvalue weighted by Crippen LogP contribution is 2.35. The van der Waals surface area contributed by atoms with Crippen LogP contribution in [0.4, 0.5) is 10.5 Å². The van der Waals surface area contributed by atoms with Crippen LogP contribution in [0.2, 0.25) is 0 Å². The molecule has 0 aliphatic carbocycles. The molecule has 2 atom stereocenters. The SMILES string of the molecule is COc1ccc2nccc(CC[C@H](CC[C@H]3CN(c4ccc5c(c4)OCCO5)C(=O)O3)NS(C)(=O)=O)c2n1. The average molecular weight is 543 g/mol. The molecule has 4 heterocycles. The fraction of sp³-hybridized carbons (Fsp3) is 0.423. The van der Waals surface area contributed by atoms with Crippen molar-refractivity contribution < 1.29 is 32.2 Å². The average Bonchev–Trinajstić information content (AvgIpc) is 3.29. The summed E-state index contributed by atoms with van der Waals surface area (Å²) in [4.78, 5) is 23.1. The summed E-state index contributed by atoms with van der Waals surface area (Å²) in [6.45, 7) is 1.31. The van der Waals surface area contributed by atoms with E-state index in [0.29, 0.717) is 68.5 Å². The summed E-state index contributed by atoms with van der Waals surface area (Å²) in [7, 11) is -1.89. The quantitative estimate of drug-likeness (QED) is 0.411. The van der Waals surface area contributed by atoms with Crippen molar-refractivity contribution in [2.45, 2.75) is 37.8 Å². The van der Waals surface area contributed by atoms with Gasteiger partial charge in [0.15, 0.2) is 11.5 Å². The molecule has 2 aromatic heterocycles. The fourth-order valence-electron chi connectivity index (χ4n) is 4.74.